The molecule has 0 nitrogen and oxygen atoms in total. The molecule has 0 rings (SSSR count). The largest absolute Gasteiger partial charge is 0.0885 e. The Morgan fingerprint density at radius 1 is 0.846 bits per heavy atom. The Morgan fingerprint density at radius 3 is 2.23 bits per heavy atom. The van der Waals surface area contributed by atoms with E-state index in [-0.39, 0.29) is 0 Å². The molecule has 0 aromatic carbocycles. The van der Waals surface area contributed by atoms with E-state index in [4.69, 9.17) is 0 Å². The topological polar surface area (TPSA) is 0 Å². The Hall–Kier alpha value is -0.780. The van der Waals surface area contributed by atoms with Crippen LogP contribution >= 0.6 is 0 Å². The molecule has 0 bridgehead atoms. The number of hydrogen-bond acceptors (Lipinski definition) is 0. The van der Waals surface area contributed by atoms with Crippen LogP contribution in [-0.4, -0.2) is 0 Å². The fraction of sp³-hybridized carbons (Fsp3) is 0.538. The van der Waals surface area contributed by atoms with Crippen LogP contribution < -0.4 is 0 Å². The summed E-state index contributed by atoms with van der Waals surface area (Å²) in [6.07, 6.45) is 19.2. The molecule has 0 atom stereocenters. The smallest absolute Gasteiger partial charge is 0.0313 e. The number of unbranched alkanes of at least 4 members (excludes halogenated alkanes) is 3. The zero-order valence-electron chi connectivity index (χ0n) is 9.00. The zero-order chi connectivity index (χ0) is 9.78. The first kappa shape index (κ1) is 12.2. The molecule has 0 saturated carbocycles. The molecule has 0 saturated heterocycles. The minimum atomic E-state index is 1.16. The average molecular weight is 178 g/mol. The molecule has 0 amide bonds. The van der Waals surface area contributed by atoms with Crippen molar-refractivity contribution in [3.63, 3.8) is 0 Å². The maximum atomic E-state index is 2.30. The highest BCUT2D eigenvalue weighted by Gasteiger charge is 1.78. The van der Waals surface area contributed by atoms with Gasteiger partial charge in [-0.1, -0.05) is 56.2 Å². The van der Waals surface area contributed by atoms with Gasteiger partial charge in [0.15, 0.2) is 0 Å². The Balaban J connectivity index is 3.19. The molecule has 0 heteroatoms. The van der Waals surface area contributed by atoms with Crippen LogP contribution in [0.3, 0.4) is 0 Å². The third-order valence-electron chi connectivity index (χ3n) is 1.83. The molecule has 0 aliphatic heterocycles. The lowest BCUT2D eigenvalue weighted by Crippen LogP contribution is -1.68. The van der Waals surface area contributed by atoms with Crippen molar-refractivity contribution in [3.8, 4) is 0 Å². The summed E-state index contributed by atoms with van der Waals surface area (Å²) in [6.45, 7) is 4.27. The molecule has 0 N–H and O–H groups in total. The summed E-state index contributed by atoms with van der Waals surface area (Å²) in [5, 5.41) is 0. The van der Waals surface area contributed by atoms with Crippen molar-refractivity contribution in [2.75, 3.05) is 0 Å². The van der Waals surface area contributed by atoms with Gasteiger partial charge in [0.1, 0.15) is 0 Å². The van der Waals surface area contributed by atoms with E-state index in [0.29, 0.717) is 0 Å². The van der Waals surface area contributed by atoms with Crippen molar-refractivity contribution in [2.24, 2.45) is 0 Å². The van der Waals surface area contributed by atoms with Gasteiger partial charge in [-0.05, 0) is 26.2 Å². The monoisotopic (exact) mass is 178 g/mol. The van der Waals surface area contributed by atoms with E-state index in [1.165, 1.54) is 25.7 Å². The lowest BCUT2D eigenvalue weighted by molar-refractivity contribution is 0.811. The van der Waals surface area contributed by atoms with Crippen molar-refractivity contribution in [1.29, 1.82) is 0 Å². The normalized spacial score (nSPS) is 12.5. The van der Waals surface area contributed by atoms with Crippen LogP contribution in [0, 0.1) is 0 Å². The van der Waals surface area contributed by atoms with Crippen LogP contribution in [0.5, 0.6) is 0 Å². The summed E-state index contributed by atoms with van der Waals surface area (Å²) in [5.74, 6) is 0. The Bertz CT molecular complexity index is 161. The molecular formula is C13H22. The predicted molar refractivity (Wildman–Crippen MR) is 61.9 cm³/mol. The highest BCUT2D eigenvalue weighted by Crippen LogP contribution is 1.98. The Kier molecular flexibility index (Phi) is 10.5. The lowest BCUT2D eigenvalue weighted by atomic mass is 10.2. The minimum Gasteiger partial charge on any atom is -0.0885 e. The van der Waals surface area contributed by atoms with Crippen LogP contribution in [-0.2, 0) is 0 Å². The van der Waals surface area contributed by atoms with Gasteiger partial charge in [-0.25, -0.2) is 0 Å². The Labute approximate surface area is 83.0 Å². The van der Waals surface area contributed by atoms with Crippen molar-refractivity contribution in [1.82, 2.24) is 0 Å². The third kappa shape index (κ3) is 11.2. The maximum Gasteiger partial charge on any atom is -0.0313 e. The van der Waals surface area contributed by atoms with E-state index < -0.39 is 0 Å². The SMILES string of the molecule is CC=CC=CCCC=CCCCC. The standard InChI is InChI=1S/C13H22/c1-3-5-7-9-11-13-12-10-8-6-4-2/h3,5,7,9-10,12H,4,6,8,11,13H2,1-2H3. The van der Waals surface area contributed by atoms with Gasteiger partial charge >= 0.3 is 0 Å². The lowest BCUT2D eigenvalue weighted by Gasteiger charge is -1.88. The maximum absolute atomic E-state index is 2.30. The van der Waals surface area contributed by atoms with Crippen molar-refractivity contribution < 1.29 is 0 Å². The minimum absolute atomic E-state index is 1.16. The molecular weight excluding hydrogens is 156 g/mol. The fourth-order valence-corrected chi connectivity index (χ4v) is 1.04. The van der Waals surface area contributed by atoms with Gasteiger partial charge in [-0.3, -0.25) is 0 Å². The first-order valence-electron chi connectivity index (χ1n) is 5.34. The number of hydrogen-bond donors (Lipinski definition) is 0. The zero-order valence-corrected chi connectivity index (χ0v) is 9.00. The Morgan fingerprint density at radius 2 is 1.54 bits per heavy atom. The number of rotatable bonds is 7. The highest BCUT2D eigenvalue weighted by molar-refractivity contribution is 5.01. The predicted octanol–water partition coefficient (Wildman–Crippen LogP) is 4.65. The quantitative estimate of drug-likeness (QED) is 0.302. The summed E-state index contributed by atoms with van der Waals surface area (Å²) in [5.41, 5.74) is 0. The van der Waals surface area contributed by atoms with Gasteiger partial charge in [0.05, 0.1) is 0 Å². The van der Waals surface area contributed by atoms with Gasteiger partial charge in [-0.2, -0.15) is 0 Å². The molecule has 0 aliphatic rings. The second-order valence-electron chi connectivity index (χ2n) is 3.14. The van der Waals surface area contributed by atoms with Gasteiger partial charge in [0, 0.05) is 0 Å². The summed E-state index contributed by atoms with van der Waals surface area (Å²) in [6, 6.07) is 0. The van der Waals surface area contributed by atoms with Gasteiger partial charge < -0.3 is 0 Å². The van der Waals surface area contributed by atoms with Gasteiger partial charge in [0.2, 0.25) is 0 Å². The highest BCUT2D eigenvalue weighted by atomic mass is 13.8. The van der Waals surface area contributed by atoms with E-state index in [0.717, 1.165) is 6.42 Å². The first-order chi connectivity index (χ1) is 6.41. The van der Waals surface area contributed by atoms with E-state index in [9.17, 15) is 0 Å². The molecule has 0 aromatic rings. The van der Waals surface area contributed by atoms with Crippen molar-refractivity contribution in [3.05, 3.63) is 36.5 Å². The van der Waals surface area contributed by atoms with Crippen LogP contribution in [0.1, 0.15) is 46.0 Å². The molecule has 74 valence electrons. The molecule has 0 heterocycles. The van der Waals surface area contributed by atoms with Gasteiger partial charge in [0.25, 0.3) is 0 Å². The molecule has 0 aromatic heterocycles. The third-order valence-corrected chi connectivity index (χ3v) is 1.83. The first-order valence-corrected chi connectivity index (χ1v) is 5.34. The van der Waals surface area contributed by atoms with E-state index in [1.807, 2.05) is 13.0 Å². The summed E-state index contributed by atoms with van der Waals surface area (Å²) in [7, 11) is 0. The molecule has 0 unspecified atom stereocenters. The van der Waals surface area contributed by atoms with Crippen LogP contribution in [0.25, 0.3) is 0 Å². The summed E-state index contributed by atoms with van der Waals surface area (Å²) >= 11 is 0. The van der Waals surface area contributed by atoms with Crippen LogP contribution in [0.4, 0.5) is 0 Å². The van der Waals surface area contributed by atoms with Crippen LogP contribution in [0.15, 0.2) is 36.5 Å². The molecule has 0 fully saturated rings. The molecule has 0 radical (unpaired) electrons. The van der Waals surface area contributed by atoms with E-state index in [2.05, 4.69) is 37.3 Å². The van der Waals surface area contributed by atoms with E-state index in [1.54, 1.807) is 0 Å². The van der Waals surface area contributed by atoms with Crippen molar-refractivity contribution in [2.45, 2.75) is 46.0 Å². The average Bonchev–Trinajstić information content (AvgIpc) is 2.16. The summed E-state index contributed by atoms with van der Waals surface area (Å²) < 4.78 is 0. The molecule has 13 heavy (non-hydrogen) atoms. The summed E-state index contributed by atoms with van der Waals surface area (Å²) in [4.78, 5) is 0. The fourth-order valence-electron chi connectivity index (χ4n) is 1.04. The van der Waals surface area contributed by atoms with Crippen molar-refractivity contribution >= 4 is 0 Å². The molecule has 0 spiro atoms. The number of allylic oxidation sites excluding steroid dienone is 6. The van der Waals surface area contributed by atoms with Gasteiger partial charge in [-0.15, -0.1) is 0 Å². The van der Waals surface area contributed by atoms with E-state index >= 15 is 0 Å². The second kappa shape index (κ2) is 11.2. The van der Waals surface area contributed by atoms with Crippen LogP contribution in [0.2, 0.25) is 0 Å². The second-order valence-corrected chi connectivity index (χ2v) is 3.14. The molecule has 0 aliphatic carbocycles.